The van der Waals surface area contributed by atoms with Crippen LogP contribution < -0.4 is 5.32 Å². The summed E-state index contributed by atoms with van der Waals surface area (Å²) in [4.78, 5) is 0. The summed E-state index contributed by atoms with van der Waals surface area (Å²) in [7, 11) is 1.86. The van der Waals surface area contributed by atoms with Crippen LogP contribution >= 0.6 is 0 Å². The van der Waals surface area contributed by atoms with Gasteiger partial charge in [0, 0.05) is 19.2 Å². The average molecular weight is 259 g/mol. The van der Waals surface area contributed by atoms with Gasteiger partial charge in [0.05, 0.1) is 6.10 Å². The minimum atomic E-state index is 0.405. The third-order valence-electron chi connectivity index (χ3n) is 4.79. The second-order valence-corrected chi connectivity index (χ2v) is 5.98. The lowest BCUT2D eigenvalue weighted by Crippen LogP contribution is -2.45. The first kappa shape index (κ1) is 13.1. The molecule has 0 radical (unpaired) electrons. The Balaban J connectivity index is 1.73. The molecule has 1 fully saturated rings. The number of benzene rings is 1. The zero-order valence-electron chi connectivity index (χ0n) is 11.9. The summed E-state index contributed by atoms with van der Waals surface area (Å²) in [6.45, 7) is 0. The number of hydrogen-bond acceptors (Lipinski definition) is 2. The van der Waals surface area contributed by atoms with Crippen LogP contribution in [0.3, 0.4) is 0 Å². The Kier molecular flexibility index (Phi) is 4.19. The van der Waals surface area contributed by atoms with E-state index in [4.69, 9.17) is 4.74 Å². The van der Waals surface area contributed by atoms with Crippen molar-refractivity contribution in [1.29, 1.82) is 0 Å². The number of methoxy groups -OCH3 is 1. The van der Waals surface area contributed by atoms with Gasteiger partial charge in [-0.15, -0.1) is 0 Å². The lowest BCUT2D eigenvalue weighted by Gasteiger charge is -2.36. The molecular formula is C17H25NO. The van der Waals surface area contributed by atoms with Crippen molar-refractivity contribution in [3.05, 3.63) is 35.4 Å². The molecule has 2 nitrogen and oxygen atoms in total. The molecule has 2 aliphatic carbocycles. The standard InChI is InChI=1S/C17H25NO/c1-19-17-12-5-4-10-16(17)18-15-11-6-8-13-7-2-3-9-14(13)15/h2-3,7,9,15-18H,4-6,8,10-12H2,1H3/t15-,16-,17+/m0/s1. The van der Waals surface area contributed by atoms with E-state index in [1.807, 2.05) is 7.11 Å². The Morgan fingerprint density at radius 2 is 1.89 bits per heavy atom. The molecule has 1 N–H and O–H groups in total. The van der Waals surface area contributed by atoms with E-state index in [9.17, 15) is 0 Å². The van der Waals surface area contributed by atoms with Crippen LogP contribution in [0, 0.1) is 0 Å². The largest absolute Gasteiger partial charge is 0.380 e. The normalized spacial score (nSPS) is 30.9. The van der Waals surface area contributed by atoms with Gasteiger partial charge in [0.2, 0.25) is 0 Å². The third-order valence-corrected chi connectivity index (χ3v) is 4.79. The molecule has 2 aliphatic rings. The van der Waals surface area contributed by atoms with Gasteiger partial charge in [-0.2, -0.15) is 0 Å². The Hall–Kier alpha value is -0.860. The van der Waals surface area contributed by atoms with E-state index in [0.717, 1.165) is 0 Å². The van der Waals surface area contributed by atoms with E-state index >= 15 is 0 Å². The fourth-order valence-electron chi connectivity index (χ4n) is 3.76. The van der Waals surface area contributed by atoms with E-state index < -0.39 is 0 Å². The average Bonchev–Trinajstić information content (AvgIpc) is 2.48. The summed E-state index contributed by atoms with van der Waals surface area (Å²) in [5, 5.41) is 3.89. The van der Waals surface area contributed by atoms with Crippen LogP contribution in [0.1, 0.15) is 55.7 Å². The molecule has 0 saturated heterocycles. The Morgan fingerprint density at radius 3 is 2.79 bits per heavy atom. The predicted octanol–water partition coefficient (Wildman–Crippen LogP) is 3.61. The Bertz CT molecular complexity index is 417. The van der Waals surface area contributed by atoms with Gasteiger partial charge in [0.1, 0.15) is 0 Å². The zero-order valence-corrected chi connectivity index (χ0v) is 11.9. The zero-order chi connectivity index (χ0) is 13.1. The van der Waals surface area contributed by atoms with Crippen LogP contribution in [0.4, 0.5) is 0 Å². The van der Waals surface area contributed by atoms with Crippen molar-refractivity contribution in [3.63, 3.8) is 0 Å². The van der Waals surface area contributed by atoms with Gasteiger partial charge in [-0.3, -0.25) is 0 Å². The topological polar surface area (TPSA) is 21.3 Å². The first-order valence-electron chi connectivity index (χ1n) is 7.75. The molecule has 0 unspecified atom stereocenters. The number of aryl methyl sites for hydroxylation is 1. The van der Waals surface area contributed by atoms with E-state index in [-0.39, 0.29) is 0 Å². The first-order chi connectivity index (χ1) is 9.38. The Labute approximate surface area is 116 Å². The van der Waals surface area contributed by atoms with Crippen molar-refractivity contribution >= 4 is 0 Å². The Morgan fingerprint density at radius 1 is 1.05 bits per heavy atom. The van der Waals surface area contributed by atoms with E-state index in [1.165, 1.54) is 56.1 Å². The molecular weight excluding hydrogens is 234 g/mol. The highest BCUT2D eigenvalue weighted by molar-refractivity contribution is 5.32. The van der Waals surface area contributed by atoms with E-state index in [1.54, 1.807) is 0 Å². The van der Waals surface area contributed by atoms with Gasteiger partial charge >= 0.3 is 0 Å². The maximum atomic E-state index is 5.67. The molecule has 3 rings (SSSR count). The number of fused-ring (bicyclic) bond motifs is 1. The maximum absolute atomic E-state index is 5.67. The minimum Gasteiger partial charge on any atom is -0.380 e. The van der Waals surface area contributed by atoms with Crippen molar-refractivity contribution in [3.8, 4) is 0 Å². The second kappa shape index (κ2) is 6.06. The van der Waals surface area contributed by atoms with Crippen LogP contribution in [0.5, 0.6) is 0 Å². The molecule has 0 aliphatic heterocycles. The molecule has 1 aromatic rings. The highest BCUT2D eigenvalue weighted by atomic mass is 16.5. The van der Waals surface area contributed by atoms with Gasteiger partial charge in [0.25, 0.3) is 0 Å². The smallest absolute Gasteiger partial charge is 0.0724 e. The summed E-state index contributed by atoms with van der Waals surface area (Å²) >= 11 is 0. The predicted molar refractivity (Wildman–Crippen MR) is 78.3 cm³/mol. The van der Waals surface area contributed by atoms with Crippen LogP contribution in [-0.4, -0.2) is 19.3 Å². The third kappa shape index (κ3) is 2.85. The number of ether oxygens (including phenoxy) is 1. The van der Waals surface area contributed by atoms with Crippen LogP contribution in [0.2, 0.25) is 0 Å². The van der Waals surface area contributed by atoms with Gasteiger partial charge in [-0.1, -0.05) is 37.1 Å². The lowest BCUT2D eigenvalue weighted by molar-refractivity contribution is 0.0368. The number of nitrogens with one attached hydrogen (secondary N) is 1. The fourth-order valence-corrected chi connectivity index (χ4v) is 3.76. The summed E-state index contributed by atoms with van der Waals surface area (Å²) in [5.41, 5.74) is 3.06. The lowest BCUT2D eigenvalue weighted by atomic mass is 9.85. The fraction of sp³-hybridized carbons (Fsp3) is 0.647. The summed E-state index contributed by atoms with van der Waals surface area (Å²) in [5.74, 6) is 0. The molecule has 0 heterocycles. The molecule has 3 atom stereocenters. The van der Waals surface area contributed by atoms with Crippen molar-refractivity contribution in [2.24, 2.45) is 0 Å². The molecule has 104 valence electrons. The van der Waals surface area contributed by atoms with Crippen molar-refractivity contribution in [2.75, 3.05) is 7.11 Å². The highest BCUT2D eigenvalue weighted by Gasteiger charge is 2.29. The summed E-state index contributed by atoms with van der Waals surface area (Å²) in [6.07, 6.45) is 9.35. The van der Waals surface area contributed by atoms with E-state index in [2.05, 4.69) is 29.6 Å². The molecule has 1 saturated carbocycles. The molecule has 0 amide bonds. The second-order valence-electron chi connectivity index (χ2n) is 5.98. The number of hydrogen-bond donors (Lipinski definition) is 1. The molecule has 0 bridgehead atoms. The maximum Gasteiger partial charge on any atom is 0.0724 e. The van der Waals surface area contributed by atoms with Crippen LogP contribution in [-0.2, 0) is 11.2 Å². The van der Waals surface area contributed by atoms with Crippen LogP contribution in [0.15, 0.2) is 24.3 Å². The van der Waals surface area contributed by atoms with Gasteiger partial charge in [-0.05, 0) is 43.2 Å². The molecule has 2 heteroatoms. The highest BCUT2D eigenvalue weighted by Crippen LogP contribution is 2.32. The SMILES string of the molecule is CO[C@@H]1CCCC[C@@H]1N[C@H]1CCCc2ccccc21. The van der Waals surface area contributed by atoms with E-state index in [0.29, 0.717) is 18.2 Å². The number of rotatable bonds is 3. The molecule has 19 heavy (non-hydrogen) atoms. The molecule has 1 aromatic carbocycles. The van der Waals surface area contributed by atoms with Crippen molar-refractivity contribution in [1.82, 2.24) is 5.32 Å². The first-order valence-corrected chi connectivity index (χ1v) is 7.75. The quantitative estimate of drug-likeness (QED) is 0.895. The molecule has 0 aromatic heterocycles. The van der Waals surface area contributed by atoms with Gasteiger partial charge in [-0.25, -0.2) is 0 Å². The molecule has 0 spiro atoms. The van der Waals surface area contributed by atoms with Gasteiger partial charge in [0.15, 0.2) is 0 Å². The van der Waals surface area contributed by atoms with Crippen molar-refractivity contribution < 1.29 is 4.74 Å². The van der Waals surface area contributed by atoms with Crippen LogP contribution in [0.25, 0.3) is 0 Å². The monoisotopic (exact) mass is 259 g/mol. The summed E-state index contributed by atoms with van der Waals surface area (Å²) in [6, 6.07) is 10.0. The van der Waals surface area contributed by atoms with Gasteiger partial charge < -0.3 is 10.1 Å². The summed E-state index contributed by atoms with van der Waals surface area (Å²) < 4.78 is 5.67. The minimum absolute atomic E-state index is 0.405. The van der Waals surface area contributed by atoms with Crippen molar-refractivity contribution in [2.45, 2.75) is 63.1 Å².